The first-order valence-electron chi connectivity index (χ1n) is 5.13. The van der Waals surface area contributed by atoms with E-state index >= 15 is 0 Å². The van der Waals surface area contributed by atoms with Crippen LogP contribution >= 0.6 is 11.6 Å². The van der Waals surface area contributed by atoms with Crippen LogP contribution in [-0.4, -0.2) is 20.3 Å². The fourth-order valence-electron chi connectivity index (χ4n) is 1.26. The Labute approximate surface area is 96.2 Å². The molecule has 0 aromatic heterocycles. The maximum atomic E-state index is 5.73. The lowest BCUT2D eigenvalue weighted by Gasteiger charge is -2.06. The Bertz CT molecular complexity index is 276. The van der Waals surface area contributed by atoms with Crippen molar-refractivity contribution < 1.29 is 9.47 Å². The number of ether oxygens (including phenoxy) is 2. The standard InChI is InChI=1S/C12H17ClO2/c1-14-7-2-3-8-15-12-6-4-5-11(9-12)10-13/h4-6,9H,2-3,7-8,10H2,1H3. The minimum atomic E-state index is 0.529. The minimum absolute atomic E-state index is 0.529. The Hall–Kier alpha value is -0.730. The highest BCUT2D eigenvalue weighted by Crippen LogP contribution is 2.15. The molecule has 0 saturated carbocycles. The highest BCUT2D eigenvalue weighted by atomic mass is 35.5. The van der Waals surface area contributed by atoms with Crippen LogP contribution in [0.1, 0.15) is 18.4 Å². The van der Waals surface area contributed by atoms with Crippen LogP contribution in [0.25, 0.3) is 0 Å². The third-order valence-corrected chi connectivity index (χ3v) is 2.37. The van der Waals surface area contributed by atoms with Crippen molar-refractivity contribution in [1.29, 1.82) is 0 Å². The zero-order valence-corrected chi connectivity index (χ0v) is 9.80. The van der Waals surface area contributed by atoms with Crippen LogP contribution in [0.4, 0.5) is 0 Å². The zero-order chi connectivity index (χ0) is 10.9. The van der Waals surface area contributed by atoms with Gasteiger partial charge in [-0.15, -0.1) is 11.6 Å². The Morgan fingerprint density at radius 1 is 1.20 bits per heavy atom. The van der Waals surface area contributed by atoms with Gasteiger partial charge in [-0.2, -0.15) is 0 Å². The molecule has 0 aliphatic carbocycles. The van der Waals surface area contributed by atoms with Crippen molar-refractivity contribution in [3.63, 3.8) is 0 Å². The molecule has 84 valence electrons. The third kappa shape index (κ3) is 5.05. The van der Waals surface area contributed by atoms with Crippen LogP contribution in [0.5, 0.6) is 5.75 Å². The van der Waals surface area contributed by atoms with Gasteiger partial charge in [0.15, 0.2) is 0 Å². The van der Waals surface area contributed by atoms with Gasteiger partial charge in [-0.25, -0.2) is 0 Å². The number of rotatable bonds is 7. The van der Waals surface area contributed by atoms with E-state index in [1.165, 1.54) is 0 Å². The average molecular weight is 229 g/mol. The van der Waals surface area contributed by atoms with Crippen molar-refractivity contribution in [2.24, 2.45) is 0 Å². The summed E-state index contributed by atoms with van der Waals surface area (Å²) in [6.45, 7) is 1.53. The lowest BCUT2D eigenvalue weighted by atomic mass is 10.2. The predicted molar refractivity (Wildman–Crippen MR) is 62.6 cm³/mol. The predicted octanol–water partition coefficient (Wildman–Crippen LogP) is 3.23. The van der Waals surface area contributed by atoms with Gasteiger partial charge in [0.25, 0.3) is 0 Å². The number of halogens is 1. The molecule has 0 radical (unpaired) electrons. The van der Waals surface area contributed by atoms with E-state index in [4.69, 9.17) is 21.1 Å². The molecule has 0 saturated heterocycles. The minimum Gasteiger partial charge on any atom is -0.494 e. The molecule has 0 atom stereocenters. The second-order valence-corrected chi connectivity index (χ2v) is 3.60. The monoisotopic (exact) mass is 228 g/mol. The number of hydrogen-bond donors (Lipinski definition) is 0. The van der Waals surface area contributed by atoms with Crippen LogP contribution in [0.3, 0.4) is 0 Å². The van der Waals surface area contributed by atoms with Gasteiger partial charge in [0.05, 0.1) is 6.61 Å². The van der Waals surface area contributed by atoms with Gasteiger partial charge in [0.1, 0.15) is 5.75 Å². The van der Waals surface area contributed by atoms with Crippen molar-refractivity contribution in [2.75, 3.05) is 20.3 Å². The first kappa shape index (κ1) is 12.3. The quantitative estimate of drug-likeness (QED) is 0.527. The van der Waals surface area contributed by atoms with E-state index in [0.717, 1.165) is 37.4 Å². The molecule has 1 aromatic carbocycles. The van der Waals surface area contributed by atoms with Gasteiger partial charge < -0.3 is 9.47 Å². The number of unbranched alkanes of at least 4 members (excludes halogenated alkanes) is 1. The van der Waals surface area contributed by atoms with E-state index in [0.29, 0.717) is 5.88 Å². The summed E-state index contributed by atoms with van der Waals surface area (Å²) >= 11 is 5.73. The first-order chi connectivity index (χ1) is 7.36. The van der Waals surface area contributed by atoms with Crippen molar-refractivity contribution in [3.8, 4) is 5.75 Å². The van der Waals surface area contributed by atoms with Gasteiger partial charge in [-0.3, -0.25) is 0 Å². The molecular formula is C12H17ClO2. The molecule has 1 aromatic rings. The number of benzene rings is 1. The summed E-state index contributed by atoms with van der Waals surface area (Å²) in [4.78, 5) is 0. The second-order valence-electron chi connectivity index (χ2n) is 3.33. The van der Waals surface area contributed by atoms with Gasteiger partial charge in [-0.1, -0.05) is 12.1 Å². The Kier molecular flexibility index (Phi) is 6.21. The molecule has 0 heterocycles. The maximum absolute atomic E-state index is 5.73. The fraction of sp³-hybridized carbons (Fsp3) is 0.500. The van der Waals surface area contributed by atoms with Crippen molar-refractivity contribution in [2.45, 2.75) is 18.7 Å². The summed E-state index contributed by atoms with van der Waals surface area (Å²) < 4.78 is 10.5. The van der Waals surface area contributed by atoms with Crippen molar-refractivity contribution in [1.82, 2.24) is 0 Å². The summed E-state index contributed by atoms with van der Waals surface area (Å²) in [6, 6.07) is 7.88. The van der Waals surface area contributed by atoms with E-state index in [9.17, 15) is 0 Å². The highest BCUT2D eigenvalue weighted by Gasteiger charge is 1.95. The molecule has 0 fully saturated rings. The Morgan fingerprint density at radius 3 is 2.73 bits per heavy atom. The largest absolute Gasteiger partial charge is 0.494 e. The molecule has 0 N–H and O–H groups in total. The van der Waals surface area contributed by atoms with Gasteiger partial charge in [0.2, 0.25) is 0 Å². The molecule has 0 spiro atoms. The van der Waals surface area contributed by atoms with Crippen LogP contribution < -0.4 is 4.74 Å². The third-order valence-electron chi connectivity index (χ3n) is 2.06. The number of alkyl halides is 1. The molecule has 1 rings (SSSR count). The number of hydrogen-bond acceptors (Lipinski definition) is 2. The van der Waals surface area contributed by atoms with Crippen LogP contribution in [0.15, 0.2) is 24.3 Å². The normalized spacial score (nSPS) is 10.3. The van der Waals surface area contributed by atoms with Crippen LogP contribution in [-0.2, 0) is 10.6 Å². The van der Waals surface area contributed by atoms with Crippen molar-refractivity contribution in [3.05, 3.63) is 29.8 Å². The molecule has 0 bridgehead atoms. The Balaban J connectivity index is 2.24. The number of methoxy groups -OCH3 is 1. The summed E-state index contributed by atoms with van der Waals surface area (Å²) in [5.41, 5.74) is 1.09. The average Bonchev–Trinajstić information content (AvgIpc) is 2.29. The molecular weight excluding hydrogens is 212 g/mol. The molecule has 2 nitrogen and oxygen atoms in total. The van der Waals surface area contributed by atoms with E-state index < -0.39 is 0 Å². The lowest BCUT2D eigenvalue weighted by molar-refractivity contribution is 0.184. The molecule has 15 heavy (non-hydrogen) atoms. The maximum Gasteiger partial charge on any atom is 0.119 e. The van der Waals surface area contributed by atoms with E-state index in [2.05, 4.69) is 0 Å². The lowest BCUT2D eigenvalue weighted by Crippen LogP contribution is -1.99. The fourth-order valence-corrected chi connectivity index (χ4v) is 1.42. The van der Waals surface area contributed by atoms with E-state index in [-0.39, 0.29) is 0 Å². The highest BCUT2D eigenvalue weighted by molar-refractivity contribution is 6.17. The van der Waals surface area contributed by atoms with Crippen LogP contribution in [0.2, 0.25) is 0 Å². The molecule has 0 aliphatic rings. The molecule has 0 aliphatic heterocycles. The second kappa shape index (κ2) is 7.55. The summed E-state index contributed by atoms with van der Waals surface area (Å²) in [7, 11) is 1.71. The van der Waals surface area contributed by atoms with Crippen molar-refractivity contribution >= 4 is 11.6 Å². The van der Waals surface area contributed by atoms with Crippen LogP contribution in [0, 0.1) is 0 Å². The van der Waals surface area contributed by atoms with E-state index in [1.807, 2.05) is 24.3 Å². The summed E-state index contributed by atoms with van der Waals surface area (Å²) in [5, 5.41) is 0. The topological polar surface area (TPSA) is 18.5 Å². The molecule has 3 heteroatoms. The van der Waals surface area contributed by atoms with Gasteiger partial charge in [-0.05, 0) is 30.5 Å². The van der Waals surface area contributed by atoms with Gasteiger partial charge >= 0.3 is 0 Å². The zero-order valence-electron chi connectivity index (χ0n) is 9.04. The van der Waals surface area contributed by atoms with E-state index in [1.54, 1.807) is 7.11 Å². The molecule has 0 unspecified atom stereocenters. The smallest absolute Gasteiger partial charge is 0.119 e. The molecule has 0 amide bonds. The summed E-state index contributed by atoms with van der Waals surface area (Å²) in [5.74, 6) is 1.42. The van der Waals surface area contributed by atoms with Gasteiger partial charge in [0, 0.05) is 19.6 Å². The SMILES string of the molecule is COCCCCOc1cccc(CCl)c1. The summed E-state index contributed by atoms with van der Waals surface area (Å²) in [6.07, 6.45) is 2.05. The first-order valence-corrected chi connectivity index (χ1v) is 5.67. The Morgan fingerprint density at radius 2 is 2.00 bits per heavy atom.